The van der Waals surface area contributed by atoms with Gasteiger partial charge in [-0.2, -0.15) is 5.26 Å². The Balaban J connectivity index is 1.74. The van der Waals surface area contributed by atoms with Gasteiger partial charge in [-0.25, -0.2) is 9.37 Å². The normalized spacial score (nSPS) is 14.7. The lowest BCUT2D eigenvalue weighted by atomic mass is 10.1. The van der Waals surface area contributed by atoms with E-state index in [1.165, 1.54) is 6.07 Å². The van der Waals surface area contributed by atoms with Gasteiger partial charge in [-0.1, -0.05) is 6.07 Å². The van der Waals surface area contributed by atoms with Gasteiger partial charge in [0, 0.05) is 26.2 Å². The molecule has 1 saturated heterocycles. The summed E-state index contributed by atoms with van der Waals surface area (Å²) in [6, 6.07) is 10.4. The van der Waals surface area contributed by atoms with Gasteiger partial charge in [0.1, 0.15) is 23.3 Å². The maximum absolute atomic E-state index is 13.7. The predicted octanol–water partition coefficient (Wildman–Crippen LogP) is 2.00. The van der Waals surface area contributed by atoms with Crippen LogP contribution in [0.5, 0.6) is 0 Å². The first-order valence-corrected chi connectivity index (χ1v) is 7.09. The third-order valence-electron chi connectivity index (χ3n) is 3.86. The number of aromatic nitrogens is 1. The molecule has 112 valence electrons. The van der Waals surface area contributed by atoms with Gasteiger partial charge in [0.15, 0.2) is 0 Å². The quantitative estimate of drug-likeness (QED) is 0.918. The predicted molar refractivity (Wildman–Crippen MR) is 84.2 cm³/mol. The molecule has 1 aliphatic rings. The Morgan fingerprint density at radius 1 is 1.09 bits per heavy atom. The van der Waals surface area contributed by atoms with E-state index in [0.29, 0.717) is 11.5 Å². The highest BCUT2D eigenvalue weighted by Gasteiger charge is 2.21. The number of benzene rings is 1. The molecule has 0 spiro atoms. The van der Waals surface area contributed by atoms with Crippen molar-refractivity contribution in [3.63, 3.8) is 0 Å². The molecule has 1 aliphatic heterocycles. The van der Waals surface area contributed by atoms with Crippen LogP contribution in [0.3, 0.4) is 0 Å². The van der Waals surface area contributed by atoms with Gasteiger partial charge < -0.3 is 15.5 Å². The van der Waals surface area contributed by atoms with Crippen LogP contribution in [-0.2, 0) is 0 Å². The summed E-state index contributed by atoms with van der Waals surface area (Å²) in [5, 5.41) is 9.14. The van der Waals surface area contributed by atoms with Crippen LogP contribution in [0.1, 0.15) is 5.56 Å². The number of anilines is 3. The third-order valence-corrected chi connectivity index (χ3v) is 3.86. The Bertz CT molecular complexity index is 699. The zero-order chi connectivity index (χ0) is 15.5. The number of pyridine rings is 1. The Morgan fingerprint density at radius 2 is 1.82 bits per heavy atom. The number of hydrogen-bond donors (Lipinski definition) is 1. The van der Waals surface area contributed by atoms with Crippen LogP contribution >= 0.6 is 0 Å². The number of nitrogens with two attached hydrogens (primary N) is 1. The Morgan fingerprint density at radius 3 is 2.45 bits per heavy atom. The third kappa shape index (κ3) is 2.66. The minimum atomic E-state index is -0.467. The van der Waals surface area contributed by atoms with Gasteiger partial charge >= 0.3 is 0 Å². The fourth-order valence-corrected chi connectivity index (χ4v) is 2.68. The lowest BCUT2D eigenvalue weighted by Crippen LogP contribution is -2.46. The molecule has 22 heavy (non-hydrogen) atoms. The van der Waals surface area contributed by atoms with Crippen molar-refractivity contribution in [1.82, 2.24) is 4.98 Å². The first kappa shape index (κ1) is 14.1. The molecule has 6 heteroatoms. The van der Waals surface area contributed by atoms with E-state index in [-0.39, 0.29) is 5.56 Å². The van der Waals surface area contributed by atoms with Crippen LogP contribution in [0.4, 0.5) is 21.6 Å². The van der Waals surface area contributed by atoms with Crippen molar-refractivity contribution in [2.75, 3.05) is 41.7 Å². The molecule has 0 atom stereocenters. The van der Waals surface area contributed by atoms with Gasteiger partial charge in [-0.05, 0) is 24.3 Å². The van der Waals surface area contributed by atoms with Crippen LogP contribution in [-0.4, -0.2) is 31.2 Å². The summed E-state index contributed by atoms with van der Waals surface area (Å²) in [5.74, 6) is 0.0333. The van der Waals surface area contributed by atoms with Crippen molar-refractivity contribution in [1.29, 1.82) is 5.26 Å². The van der Waals surface area contributed by atoms with Gasteiger partial charge in [0.25, 0.3) is 0 Å². The van der Waals surface area contributed by atoms with Crippen LogP contribution in [0.2, 0.25) is 0 Å². The Hall–Kier alpha value is -2.81. The standard InChI is InChI=1S/C16H16FN5/c17-14-2-1-3-15(13(14)10-18)22-8-6-21(7-9-22)12-4-5-16(19)20-11-12/h1-5,11H,6-9H2,(H2,19,20). The van der Waals surface area contributed by atoms with Crippen molar-refractivity contribution in [3.05, 3.63) is 47.9 Å². The monoisotopic (exact) mass is 297 g/mol. The number of nitrogen functional groups attached to an aromatic ring is 1. The molecule has 0 aliphatic carbocycles. The molecule has 3 rings (SSSR count). The summed E-state index contributed by atoms with van der Waals surface area (Å²) in [7, 11) is 0. The Kier molecular flexibility index (Phi) is 3.79. The summed E-state index contributed by atoms with van der Waals surface area (Å²) in [5.41, 5.74) is 7.40. The van der Waals surface area contributed by atoms with Crippen molar-refractivity contribution in [3.8, 4) is 6.07 Å². The van der Waals surface area contributed by atoms with E-state index in [2.05, 4.69) is 9.88 Å². The van der Waals surface area contributed by atoms with E-state index in [1.807, 2.05) is 17.0 Å². The minimum absolute atomic E-state index is 0.116. The van der Waals surface area contributed by atoms with E-state index in [4.69, 9.17) is 11.0 Å². The second kappa shape index (κ2) is 5.90. The van der Waals surface area contributed by atoms with Gasteiger partial charge in [0.05, 0.1) is 17.6 Å². The molecular weight excluding hydrogens is 281 g/mol. The second-order valence-corrected chi connectivity index (χ2v) is 5.16. The number of nitrogens with zero attached hydrogens (tertiary/aromatic N) is 4. The van der Waals surface area contributed by atoms with E-state index < -0.39 is 5.82 Å². The number of nitriles is 1. The smallest absolute Gasteiger partial charge is 0.143 e. The fraction of sp³-hybridized carbons (Fsp3) is 0.250. The van der Waals surface area contributed by atoms with E-state index in [0.717, 1.165) is 31.9 Å². The van der Waals surface area contributed by atoms with Gasteiger partial charge in [0.2, 0.25) is 0 Å². The summed E-state index contributed by atoms with van der Waals surface area (Å²) in [6.45, 7) is 3.02. The molecule has 1 aromatic carbocycles. The maximum Gasteiger partial charge on any atom is 0.143 e. The summed E-state index contributed by atoms with van der Waals surface area (Å²) in [4.78, 5) is 8.35. The molecule has 1 fully saturated rings. The highest BCUT2D eigenvalue weighted by Crippen LogP contribution is 2.25. The molecule has 2 N–H and O–H groups in total. The first-order chi connectivity index (χ1) is 10.7. The minimum Gasteiger partial charge on any atom is -0.384 e. The van der Waals surface area contributed by atoms with Crippen LogP contribution in [0.15, 0.2) is 36.5 Å². The molecule has 5 nitrogen and oxygen atoms in total. The van der Waals surface area contributed by atoms with Crippen molar-refractivity contribution in [2.45, 2.75) is 0 Å². The number of halogens is 1. The summed E-state index contributed by atoms with van der Waals surface area (Å²) >= 11 is 0. The number of hydrogen-bond acceptors (Lipinski definition) is 5. The van der Waals surface area contributed by atoms with Gasteiger partial charge in [-0.3, -0.25) is 0 Å². The average Bonchev–Trinajstić information content (AvgIpc) is 2.55. The van der Waals surface area contributed by atoms with Crippen LogP contribution < -0.4 is 15.5 Å². The number of rotatable bonds is 2. The first-order valence-electron chi connectivity index (χ1n) is 7.09. The van der Waals surface area contributed by atoms with Gasteiger partial charge in [-0.15, -0.1) is 0 Å². The highest BCUT2D eigenvalue weighted by molar-refractivity contribution is 5.61. The molecule has 1 aromatic heterocycles. The van der Waals surface area contributed by atoms with Crippen molar-refractivity contribution < 1.29 is 4.39 Å². The van der Waals surface area contributed by atoms with Crippen LogP contribution in [0, 0.1) is 17.1 Å². The molecule has 0 bridgehead atoms. The van der Waals surface area contributed by atoms with Crippen LogP contribution in [0.25, 0.3) is 0 Å². The van der Waals surface area contributed by atoms with E-state index >= 15 is 0 Å². The largest absolute Gasteiger partial charge is 0.384 e. The molecule has 2 aromatic rings. The molecule has 0 unspecified atom stereocenters. The second-order valence-electron chi connectivity index (χ2n) is 5.16. The molecule has 0 radical (unpaired) electrons. The van der Waals surface area contributed by atoms with Crippen molar-refractivity contribution in [2.24, 2.45) is 0 Å². The SMILES string of the molecule is N#Cc1c(F)cccc1N1CCN(c2ccc(N)nc2)CC1. The summed E-state index contributed by atoms with van der Waals surface area (Å²) in [6.07, 6.45) is 1.76. The summed E-state index contributed by atoms with van der Waals surface area (Å²) < 4.78 is 13.7. The number of piperazine rings is 1. The molecule has 2 heterocycles. The zero-order valence-electron chi connectivity index (χ0n) is 12.0. The lowest BCUT2D eigenvalue weighted by molar-refractivity contribution is 0.616. The Labute approximate surface area is 128 Å². The highest BCUT2D eigenvalue weighted by atomic mass is 19.1. The molecule has 0 saturated carbocycles. The zero-order valence-corrected chi connectivity index (χ0v) is 12.0. The van der Waals surface area contributed by atoms with Crippen molar-refractivity contribution >= 4 is 17.2 Å². The fourth-order valence-electron chi connectivity index (χ4n) is 2.68. The maximum atomic E-state index is 13.7. The molecular formula is C16H16FN5. The topological polar surface area (TPSA) is 69.2 Å². The molecule has 0 amide bonds. The average molecular weight is 297 g/mol. The van der Waals surface area contributed by atoms with E-state index in [9.17, 15) is 4.39 Å². The lowest BCUT2D eigenvalue weighted by Gasteiger charge is -2.37. The van der Waals surface area contributed by atoms with E-state index in [1.54, 1.807) is 24.4 Å².